The van der Waals surface area contributed by atoms with Crippen LogP contribution in [0.25, 0.3) is 0 Å². The van der Waals surface area contributed by atoms with Crippen LogP contribution in [0.2, 0.25) is 5.02 Å². The van der Waals surface area contributed by atoms with Gasteiger partial charge >= 0.3 is 0 Å². The molecule has 0 aromatic heterocycles. The molecule has 0 heterocycles. The lowest BCUT2D eigenvalue weighted by Crippen LogP contribution is -2.43. The fourth-order valence-electron chi connectivity index (χ4n) is 2.91. The van der Waals surface area contributed by atoms with Crippen LogP contribution in [0.4, 0.5) is 0 Å². The van der Waals surface area contributed by atoms with E-state index in [1.807, 2.05) is 19.1 Å². The number of rotatable bonds is 5. The van der Waals surface area contributed by atoms with Gasteiger partial charge in [-0.3, -0.25) is 4.79 Å². The maximum atomic E-state index is 12.5. The Hall–Kier alpha value is -1.22. The Labute approximate surface area is 138 Å². The molecule has 0 aliphatic heterocycles. The highest BCUT2D eigenvalue weighted by atomic mass is 35.5. The van der Waals surface area contributed by atoms with Crippen LogP contribution in [0.15, 0.2) is 24.3 Å². The number of amides is 1. The zero-order valence-electron chi connectivity index (χ0n) is 13.3. The number of benzene rings is 1. The predicted molar refractivity (Wildman–Crippen MR) is 90.4 cm³/mol. The highest BCUT2D eigenvalue weighted by molar-refractivity contribution is 6.32. The SMILES string of the molecule is CCC(Oc1ccccc1Cl)C(=O)NC1CCCCCCC1. The first-order valence-electron chi connectivity index (χ1n) is 8.42. The molecule has 1 aliphatic rings. The van der Waals surface area contributed by atoms with E-state index < -0.39 is 6.10 Å². The number of carbonyl (C=O) groups excluding carboxylic acids is 1. The highest BCUT2D eigenvalue weighted by Crippen LogP contribution is 2.25. The number of hydrogen-bond acceptors (Lipinski definition) is 2. The summed E-state index contributed by atoms with van der Waals surface area (Å²) in [4.78, 5) is 12.5. The van der Waals surface area contributed by atoms with Crippen molar-refractivity contribution in [2.24, 2.45) is 0 Å². The van der Waals surface area contributed by atoms with Crippen molar-refractivity contribution in [1.29, 1.82) is 0 Å². The zero-order valence-corrected chi connectivity index (χ0v) is 14.1. The van der Waals surface area contributed by atoms with Crippen molar-refractivity contribution in [3.05, 3.63) is 29.3 Å². The fourth-order valence-corrected chi connectivity index (χ4v) is 3.09. The Morgan fingerprint density at radius 1 is 1.23 bits per heavy atom. The minimum Gasteiger partial charge on any atom is -0.479 e. The average molecular weight is 324 g/mol. The van der Waals surface area contributed by atoms with Gasteiger partial charge in [0.05, 0.1) is 5.02 Å². The van der Waals surface area contributed by atoms with Crippen molar-refractivity contribution in [3.63, 3.8) is 0 Å². The molecule has 0 spiro atoms. The number of para-hydroxylation sites is 1. The van der Waals surface area contributed by atoms with Crippen molar-refractivity contribution in [2.45, 2.75) is 70.4 Å². The summed E-state index contributed by atoms with van der Waals surface area (Å²) in [7, 11) is 0. The molecule has 0 radical (unpaired) electrons. The maximum Gasteiger partial charge on any atom is 0.261 e. The van der Waals surface area contributed by atoms with Crippen molar-refractivity contribution in [2.75, 3.05) is 0 Å². The molecule has 1 unspecified atom stereocenters. The van der Waals surface area contributed by atoms with E-state index in [0.717, 1.165) is 12.8 Å². The van der Waals surface area contributed by atoms with E-state index in [9.17, 15) is 4.79 Å². The van der Waals surface area contributed by atoms with Crippen LogP contribution in [0.3, 0.4) is 0 Å². The molecule has 1 atom stereocenters. The molecule has 2 rings (SSSR count). The predicted octanol–water partition coefficient (Wildman–Crippen LogP) is 4.73. The lowest BCUT2D eigenvalue weighted by atomic mass is 9.96. The number of nitrogens with one attached hydrogen (secondary N) is 1. The molecule has 4 heteroatoms. The lowest BCUT2D eigenvalue weighted by Gasteiger charge is -2.24. The second-order valence-electron chi connectivity index (χ2n) is 6.00. The Morgan fingerprint density at radius 2 is 1.86 bits per heavy atom. The molecular formula is C18H26ClNO2. The van der Waals surface area contributed by atoms with Gasteiger partial charge in [-0.15, -0.1) is 0 Å². The van der Waals surface area contributed by atoms with Crippen LogP contribution in [-0.4, -0.2) is 18.1 Å². The summed E-state index contributed by atoms with van der Waals surface area (Å²) in [6.45, 7) is 1.96. The van der Waals surface area contributed by atoms with Crippen molar-refractivity contribution >= 4 is 17.5 Å². The van der Waals surface area contributed by atoms with E-state index in [-0.39, 0.29) is 11.9 Å². The molecule has 0 saturated heterocycles. The van der Waals surface area contributed by atoms with Crippen molar-refractivity contribution in [1.82, 2.24) is 5.32 Å². The third-order valence-corrected chi connectivity index (χ3v) is 4.53. The van der Waals surface area contributed by atoms with Crippen LogP contribution in [-0.2, 0) is 4.79 Å². The molecule has 1 aliphatic carbocycles. The van der Waals surface area contributed by atoms with Gasteiger partial charge in [0.2, 0.25) is 0 Å². The largest absolute Gasteiger partial charge is 0.479 e. The summed E-state index contributed by atoms with van der Waals surface area (Å²) in [6, 6.07) is 7.58. The minimum absolute atomic E-state index is 0.0204. The third kappa shape index (κ3) is 5.20. The maximum absolute atomic E-state index is 12.5. The third-order valence-electron chi connectivity index (χ3n) is 4.22. The van der Waals surface area contributed by atoms with Gasteiger partial charge in [0, 0.05) is 6.04 Å². The van der Waals surface area contributed by atoms with E-state index >= 15 is 0 Å². The number of hydrogen-bond donors (Lipinski definition) is 1. The second-order valence-corrected chi connectivity index (χ2v) is 6.40. The Morgan fingerprint density at radius 3 is 2.50 bits per heavy atom. The summed E-state index contributed by atoms with van der Waals surface area (Å²) in [5.74, 6) is 0.553. The van der Waals surface area contributed by atoms with Gasteiger partial charge in [-0.25, -0.2) is 0 Å². The minimum atomic E-state index is -0.481. The van der Waals surface area contributed by atoms with Gasteiger partial charge in [-0.05, 0) is 31.4 Å². The molecule has 1 aromatic carbocycles. The van der Waals surface area contributed by atoms with Crippen LogP contribution in [0, 0.1) is 0 Å². The summed E-state index contributed by atoms with van der Waals surface area (Å²) in [5, 5.41) is 3.71. The summed E-state index contributed by atoms with van der Waals surface area (Å²) < 4.78 is 5.81. The standard InChI is InChI=1S/C18H26ClNO2/c1-2-16(22-17-13-9-8-12-15(17)19)18(21)20-14-10-6-4-3-5-7-11-14/h8-9,12-14,16H,2-7,10-11H2,1H3,(H,20,21). The molecule has 22 heavy (non-hydrogen) atoms. The molecule has 1 N–H and O–H groups in total. The fraction of sp³-hybridized carbons (Fsp3) is 0.611. The molecule has 3 nitrogen and oxygen atoms in total. The van der Waals surface area contributed by atoms with Crippen LogP contribution < -0.4 is 10.1 Å². The highest BCUT2D eigenvalue weighted by Gasteiger charge is 2.22. The summed E-state index contributed by atoms with van der Waals surface area (Å²) in [5.41, 5.74) is 0. The van der Waals surface area contributed by atoms with E-state index in [4.69, 9.17) is 16.3 Å². The van der Waals surface area contributed by atoms with E-state index in [2.05, 4.69) is 5.32 Å². The molecule has 1 aromatic rings. The number of ether oxygens (including phenoxy) is 1. The topological polar surface area (TPSA) is 38.3 Å². The Kier molecular flexibility index (Phi) is 7.04. The first kappa shape index (κ1) is 17.1. The van der Waals surface area contributed by atoms with Gasteiger partial charge < -0.3 is 10.1 Å². The summed E-state index contributed by atoms with van der Waals surface area (Å²) >= 11 is 6.10. The quantitative estimate of drug-likeness (QED) is 0.851. The monoisotopic (exact) mass is 323 g/mol. The van der Waals surface area contributed by atoms with Gasteiger partial charge in [-0.2, -0.15) is 0 Å². The lowest BCUT2D eigenvalue weighted by molar-refractivity contribution is -0.129. The van der Waals surface area contributed by atoms with Gasteiger partial charge in [0.15, 0.2) is 6.10 Å². The normalized spacial score (nSPS) is 18.1. The van der Waals surface area contributed by atoms with Crippen molar-refractivity contribution in [3.8, 4) is 5.75 Å². The smallest absolute Gasteiger partial charge is 0.261 e. The first-order chi connectivity index (χ1) is 10.7. The molecule has 1 amide bonds. The Bertz CT molecular complexity index is 470. The molecule has 1 saturated carbocycles. The molecule has 122 valence electrons. The first-order valence-corrected chi connectivity index (χ1v) is 8.80. The van der Waals surface area contributed by atoms with Crippen LogP contribution in [0.1, 0.15) is 58.3 Å². The van der Waals surface area contributed by atoms with Gasteiger partial charge in [0.1, 0.15) is 5.75 Å². The van der Waals surface area contributed by atoms with E-state index in [1.165, 1.54) is 32.1 Å². The van der Waals surface area contributed by atoms with E-state index in [0.29, 0.717) is 17.2 Å². The molecular weight excluding hydrogens is 298 g/mol. The second kappa shape index (κ2) is 9.04. The average Bonchev–Trinajstić information content (AvgIpc) is 2.49. The molecule has 1 fully saturated rings. The van der Waals surface area contributed by atoms with Crippen LogP contribution >= 0.6 is 11.6 Å². The van der Waals surface area contributed by atoms with Gasteiger partial charge in [0.25, 0.3) is 5.91 Å². The van der Waals surface area contributed by atoms with Crippen molar-refractivity contribution < 1.29 is 9.53 Å². The van der Waals surface area contributed by atoms with Gasteiger partial charge in [-0.1, -0.05) is 62.8 Å². The molecule has 0 bridgehead atoms. The number of carbonyl (C=O) groups is 1. The van der Waals surface area contributed by atoms with E-state index in [1.54, 1.807) is 12.1 Å². The Balaban J connectivity index is 1.92. The number of halogens is 1. The zero-order chi connectivity index (χ0) is 15.8. The van der Waals surface area contributed by atoms with Crippen LogP contribution in [0.5, 0.6) is 5.75 Å². The summed E-state index contributed by atoms with van der Waals surface area (Å²) in [6.07, 6.45) is 8.59.